The molecule has 168 valence electrons. The number of hydrogen-bond acceptors (Lipinski definition) is 5. The van der Waals surface area contributed by atoms with Gasteiger partial charge in [-0.1, -0.05) is 17.7 Å². The van der Waals surface area contributed by atoms with Crippen LogP contribution in [0.2, 0.25) is 5.02 Å². The number of ether oxygens (including phenoxy) is 3. The average molecular weight is 456 g/mol. The van der Waals surface area contributed by atoms with Crippen molar-refractivity contribution in [2.45, 2.75) is 26.1 Å². The van der Waals surface area contributed by atoms with Gasteiger partial charge in [-0.15, -0.1) is 0 Å². The largest absolute Gasteiger partial charge is 0.497 e. The van der Waals surface area contributed by atoms with Gasteiger partial charge in [0.05, 0.1) is 37.8 Å². The number of benzene rings is 2. The van der Waals surface area contributed by atoms with E-state index in [1.807, 2.05) is 43.0 Å². The Kier molecular flexibility index (Phi) is 6.39. The smallest absolute Gasteiger partial charge is 0.272 e. The molecule has 2 heterocycles. The lowest BCUT2D eigenvalue weighted by atomic mass is 10.1. The van der Waals surface area contributed by atoms with E-state index in [0.717, 1.165) is 5.56 Å². The molecule has 32 heavy (non-hydrogen) atoms. The maximum atomic E-state index is 13.6. The molecular formula is C24H26ClN3O4. The summed E-state index contributed by atoms with van der Waals surface area (Å²) in [4.78, 5) is 15.4. The molecule has 1 aliphatic heterocycles. The first-order valence-corrected chi connectivity index (χ1v) is 10.8. The Balaban J connectivity index is 1.82. The average Bonchev–Trinajstić information content (AvgIpc) is 3.22. The second kappa shape index (κ2) is 9.22. The van der Waals surface area contributed by atoms with Crippen LogP contribution in [0.5, 0.6) is 11.5 Å². The number of carbonyl (C=O) groups excluding carboxylic acids is 1. The Morgan fingerprint density at radius 1 is 1.06 bits per heavy atom. The summed E-state index contributed by atoms with van der Waals surface area (Å²) < 4.78 is 18.3. The number of rotatable bonds is 5. The Labute approximate surface area is 192 Å². The summed E-state index contributed by atoms with van der Waals surface area (Å²) >= 11 is 6.23. The maximum absolute atomic E-state index is 13.6. The molecule has 1 aromatic heterocycles. The van der Waals surface area contributed by atoms with Crippen LogP contribution in [0.3, 0.4) is 0 Å². The van der Waals surface area contributed by atoms with E-state index in [0.29, 0.717) is 46.7 Å². The molecule has 2 unspecified atom stereocenters. The summed E-state index contributed by atoms with van der Waals surface area (Å²) in [7, 11) is 3.19. The lowest BCUT2D eigenvalue weighted by Gasteiger charge is -2.35. The fraction of sp³-hybridized carbons (Fsp3) is 0.333. The minimum atomic E-state index is -0.113. The van der Waals surface area contributed by atoms with E-state index >= 15 is 0 Å². The normalized spacial score (nSPS) is 18.5. The third-order valence-electron chi connectivity index (χ3n) is 5.37. The topological polar surface area (TPSA) is 65.8 Å². The summed E-state index contributed by atoms with van der Waals surface area (Å²) in [6, 6.07) is 14.6. The SMILES string of the molecule is COc1ccc(-c2cc(C(=O)N3CC(C)OC(C)C3)n(-c3cccc(Cl)c3)n2)c(OC)c1. The van der Waals surface area contributed by atoms with E-state index < -0.39 is 0 Å². The molecule has 1 amide bonds. The lowest BCUT2D eigenvalue weighted by molar-refractivity contribution is -0.0588. The highest BCUT2D eigenvalue weighted by atomic mass is 35.5. The first-order chi connectivity index (χ1) is 15.4. The molecule has 3 aromatic rings. The number of nitrogens with zero attached hydrogens (tertiary/aromatic N) is 3. The summed E-state index contributed by atoms with van der Waals surface area (Å²) in [5.74, 6) is 1.17. The van der Waals surface area contributed by atoms with E-state index in [-0.39, 0.29) is 18.1 Å². The van der Waals surface area contributed by atoms with Gasteiger partial charge in [0.1, 0.15) is 17.2 Å². The molecule has 2 aromatic carbocycles. The van der Waals surface area contributed by atoms with Gasteiger partial charge < -0.3 is 19.1 Å². The van der Waals surface area contributed by atoms with E-state index in [4.69, 9.17) is 30.9 Å². The maximum Gasteiger partial charge on any atom is 0.272 e. The van der Waals surface area contributed by atoms with Crippen molar-refractivity contribution in [3.63, 3.8) is 0 Å². The molecule has 8 heteroatoms. The second-order valence-electron chi connectivity index (χ2n) is 7.84. The van der Waals surface area contributed by atoms with Crippen LogP contribution in [-0.4, -0.2) is 60.1 Å². The van der Waals surface area contributed by atoms with Crippen LogP contribution < -0.4 is 9.47 Å². The predicted octanol–water partition coefficient (Wildman–Crippen LogP) is 4.46. The molecule has 0 bridgehead atoms. The van der Waals surface area contributed by atoms with Crippen LogP contribution >= 0.6 is 11.6 Å². The van der Waals surface area contributed by atoms with Gasteiger partial charge in [-0.05, 0) is 50.2 Å². The van der Waals surface area contributed by atoms with Crippen molar-refractivity contribution >= 4 is 17.5 Å². The minimum absolute atomic E-state index is 0.0357. The molecule has 1 fully saturated rings. The molecule has 0 N–H and O–H groups in total. The van der Waals surface area contributed by atoms with Crippen LogP contribution in [0, 0.1) is 0 Å². The number of methoxy groups -OCH3 is 2. The quantitative estimate of drug-likeness (QED) is 0.568. The summed E-state index contributed by atoms with van der Waals surface area (Å²) in [5.41, 5.74) is 2.52. The molecule has 0 spiro atoms. The fourth-order valence-corrected chi connectivity index (χ4v) is 4.17. The zero-order valence-corrected chi connectivity index (χ0v) is 19.3. The predicted molar refractivity (Wildman–Crippen MR) is 123 cm³/mol. The van der Waals surface area contributed by atoms with Crippen molar-refractivity contribution in [2.75, 3.05) is 27.3 Å². The van der Waals surface area contributed by atoms with Gasteiger partial charge in [0.25, 0.3) is 5.91 Å². The van der Waals surface area contributed by atoms with Crippen molar-refractivity contribution < 1.29 is 19.0 Å². The number of aromatic nitrogens is 2. The van der Waals surface area contributed by atoms with Crippen molar-refractivity contribution in [1.29, 1.82) is 0 Å². The van der Waals surface area contributed by atoms with Gasteiger partial charge in [0, 0.05) is 29.7 Å². The van der Waals surface area contributed by atoms with Crippen molar-refractivity contribution in [2.24, 2.45) is 0 Å². The third kappa shape index (κ3) is 4.45. The third-order valence-corrected chi connectivity index (χ3v) is 5.61. The molecular weight excluding hydrogens is 430 g/mol. The zero-order valence-electron chi connectivity index (χ0n) is 18.5. The zero-order chi connectivity index (χ0) is 22.8. The molecule has 2 atom stereocenters. The first kappa shape index (κ1) is 22.2. The Bertz CT molecular complexity index is 1120. The number of hydrogen-bond donors (Lipinski definition) is 0. The summed E-state index contributed by atoms with van der Waals surface area (Å²) in [6.45, 7) is 4.98. The van der Waals surface area contributed by atoms with Crippen LogP contribution in [0.15, 0.2) is 48.5 Å². The molecule has 1 saturated heterocycles. The highest BCUT2D eigenvalue weighted by Gasteiger charge is 2.30. The molecule has 4 rings (SSSR count). The van der Waals surface area contributed by atoms with Gasteiger partial charge in [-0.25, -0.2) is 4.68 Å². The highest BCUT2D eigenvalue weighted by Crippen LogP contribution is 2.34. The number of amides is 1. The standard InChI is InChI=1S/C24H26ClN3O4/c1-15-13-27(14-16(2)32-15)24(29)22-12-21(20-9-8-19(30-3)11-23(20)31-4)26-28(22)18-7-5-6-17(25)10-18/h5-12,15-16H,13-14H2,1-4H3. The number of morpholine rings is 1. The van der Waals surface area contributed by atoms with Crippen LogP contribution in [0.25, 0.3) is 16.9 Å². The van der Waals surface area contributed by atoms with E-state index in [1.165, 1.54) is 0 Å². The second-order valence-corrected chi connectivity index (χ2v) is 8.28. The van der Waals surface area contributed by atoms with Crippen molar-refractivity contribution in [3.8, 4) is 28.4 Å². The Morgan fingerprint density at radius 2 is 1.81 bits per heavy atom. The first-order valence-electron chi connectivity index (χ1n) is 10.4. The van der Waals surface area contributed by atoms with E-state index in [9.17, 15) is 4.79 Å². The molecule has 0 radical (unpaired) electrons. The highest BCUT2D eigenvalue weighted by molar-refractivity contribution is 6.30. The van der Waals surface area contributed by atoms with Gasteiger partial charge in [0.15, 0.2) is 0 Å². The van der Waals surface area contributed by atoms with Crippen molar-refractivity contribution in [3.05, 3.63) is 59.2 Å². The van der Waals surface area contributed by atoms with E-state index in [1.54, 1.807) is 43.2 Å². The van der Waals surface area contributed by atoms with Crippen LogP contribution in [0.4, 0.5) is 0 Å². The van der Waals surface area contributed by atoms with Crippen LogP contribution in [-0.2, 0) is 4.74 Å². The van der Waals surface area contributed by atoms with Crippen molar-refractivity contribution in [1.82, 2.24) is 14.7 Å². The lowest BCUT2D eigenvalue weighted by Crippen LogP contribution is -2.48. The van der Waals surface area contributed by atoms with Gasteiger partial charge in [0.2, 0.25) is 0 Å². The Hall–Kier alpha value is -3.03. The van der Waals surface area contributed by atoms with Gasteiger partial charge in [-0.2, -0.15) is 5.10 Å². The summed E-state index contributed by atoms with van der Waals surface area (Å²) in [5, 5.41) is 5.33. The number of carbonyl (C=O) groups is 1. The monoisotopic (exact) mass is 455 g/mol. The molecule has 1 aliphatic rings. The Morgan fingerprint density at radius 3 is 2.47 bits per heavy atom. The van der Waals surface area contributed by atoms with Gasteiger partial charge >= 0.3 is 0 Å². The van der Waals surface area contributed by atoms with Gasteiger partial charge in [-0.3, -0.25) is 4.79 Å². The minimum Gasteiger partial charge on any atom is -0.497 e. The fourth-order valence-electron chi connectivity index (χ4n) is 3.99. The molecule has 0 saturated carbocycles. The van der Waals surface area contributed by atoms with E-state index in [2.05, 4.69) is 0 Å². The number of halogens is 1. The molecule has 0 aliphatic carbocycles. The van der Waals surface area contributed by atoms with Crippen LogP contribution in [0.1, 0.15) is 24.3 Å². The molecule has 7 nitrogen and oxygen atoms in total. The summed E-state index contributed by atoms with van der Waals surface area (Å²) in [6.07, 6.45) is -0.0715.